The van der Waals surface area contributed by atoms with Gasteiger partial charge in [-0.2, -0.15) is 0 Å². The first-order chi connectivity index (χ1) is 11.6. The number of aliphatic imine (C=N–C) groups is 1. The molecule has 3 N–H and O–H groups in total. The third-order valence-corrected chi connectivity index (χ3v) is 3.83. The molecule has 2 heterocycles. The smallest absolute Gasteiger partial charge is 0.193 e. The van der Waals surface area contributed by atoms with Gasteiger partial charge in [0.15, 0.2) is 11.8 Å². The Morgan fingerprint density at radius 2 is 2.04 bits per heavy atom. The molecule has 2 aromatic rings. The van der Waals surface area contributed by atoms with E-state index < -0.39 is 0 Å². The van der Waals surface area contributed by atoms with Crippen LogP contribution < -0.4 is 15.8 Å². The summed E-state index contributed by atoms with van der Waals surface area (Å²) < 4.78 is 7.77. The number of hydrogen-bond acceptors (Lipinski definition) is 4. The van der Waals surface area contributed by atoms with Gasteiger partial charge in [0.25, 0.3) is 0 Å². The summed E-state index contributed by atoms with van der Waals surface area (Å²) in [6.07, 6.45) is 3.50. The van der Waals surface area contributed by atoms with Crippen molar-refractivity contribution >= 4 is 35.6 Å². The molecule has 0 unspecified atom stereocenters. The molecule has 0 bridgehead atoms. The molecule has 1 aromatic carbocycles. The molecule has 0 radical (unpaired) electrons. The Hall–Kier alpha value is -1.84. The highest BCUT2D eigenvalue weighted by atomic mass is 127. The van der Waals surface area contributed by atoms with Gasteiger partial charge in [-0.15, -0.1) is 34.2 Å². The molecular formula is C17H25IN6O. The van der Waals surface area contributed by atoms with Crippen LogP contribution in [0.1, 0.15) is 38.3 Å². The molecule has 8 heteroatoms. The fourth-order valence-electron chi connectivity index (χ4n) is 2.72. The average Bonchev–Trinajstić information content (AvgIpc) is 2.98. The number of aromatic nitrogens is 3. The number of guanidine groups is 1. The Kier molecular flexibility index (Phi) is 7.03. The van der Waals surface area contributed by atoms with Gasteiger partial charge in [0.2, 0.25) is 0 Å². The summed E-state index contributed by atoms with van der Waals surface area (Å²) in [6.45, 7) is 5.40. The molecule has 0 amide bonds. The van der Waals surface area contributed by atoms with E-state index in [1.165, 1.54) is 12.8 Å². The molecule has 0 spiro atoms. The zero-order valence-corrected chi connectivity index (χ0v) is 16.9. The monoisotopic (exact) mass is 456 g/mol. The number of nitrogens with zero attached hydrogens (tertiary/aromatic N) is 4. The van der Waals surface area contributed by atoms with Gasteiger partial charge in [0, 0.05) is 18.7 Å². The molecule has 136 valence electrons. The number of nitrogens with two attached hydrogens (primary N) is 1. The second-order valence-electron chi connectivity index (χ2n) is 6.16. The highest BCUT2D eigenvalue weighted by Crippen LogP contribution is 2.17. The molecule has 1 aliphatic heterocycles. The van der Waals surface area contributed by atoms with Crippen molar-refractivity contribution in [3.8, 4) is 5.75 Å². The molecule has 1 aliphatic rings. The largest absolute Gasteiger partial charge is 0.491 e. The molecule has 1 aromatic heterocycles. The van der Waals surface area contributed by atoms with E-state index in [1.54, 1.807) is 0 Å². The van der Waals surface area contributed by atoms with Crippen LogP contribution in [0.3, 0.4) is 0 Å². The van der Waals surface area contributed by atoms with Crippen molar-refractivity contribution < 1.29 is 4.74 Å². The predicted molar refractivity (Wildman–Crippen MR) is 110 cm³/mol. The summed E-state index contributed by atoms with van der Waals surface area (Å²) in [6, 6.07) is 7.65. The second kappa shape index (κ2) is 9.02. The van der Waals surface area contributed by atoms with Crippen molar-refractivity contribution in [2.75, 3.05) is 5.32 Å². The van der Waals surface area contributed by atoms with E-state index >= 15 is 0 Å². The quantitative estimate of drug-likeness (QED) is 0.410. The standard InChI is InChI=1S/C17H24N6O.HI/c1-12(2)24-14-8-6-13(7-9-14)20-17(18)19-11-16-22-21-15-5-3-4-10-23(15)16;/h6-9,12H,3-5,10-11H2,1-2H3,(H3,18,19,20);1H. The van der Waals surface area contributed by atoms with Crippen molar-refractivity contribution in [2.45, 2.75) is 52.3 Å². The Morgan fingerprint density at radius 3 is 2.76 bits per heavy atom. The molecule has 3 rings (SSSR count). The van der Waals surface area contributed by atoms with Crippen LogP contribution in [-0.4, -0.2) is 26.8 Å². The van der Waals surface area contributed by atoms with Gasteiger partial charge in [0.05, 0.1) is 6.10 Å². The Labute approximate surface area is 165 Å². The van der Waals surface area contributed by atoms with Crippen molar-refractivity contribution in [2.24, 2.45) is 10.7 Å². The molecule has 0 aliphatic carbocycles. The van der Waals surface area contributed by atoms with Gasteiger partial charge in [-0.1, -0.05) is 0 Å². The lowest BCUT2D eigenvalue weighted by atomic mass is 10.2. The number of benzene rings is 1. The number of rotatable bonds is 5. The van der Waals surface area contributed by atoms with Gasteiger partial charge >= 0.3 is 0 Å². The lowest BCUT2D eigenvalue weighted by molar-refractivity contribution is 0.242. The van der Waals surface area contributed by atoms with Gasteiger partial charge < -0.3 is 20.4 Å². The third-order valence-electron chi connectivity index (χ3n) is 3.83. The van der Waals surface area contributed by atoms with Gasteiger partial charge in [-0.25, -0.2) is 4.99 Å². The number of anilines is 1. The lowest BCUT2D eigenvalue weighted by Crippen LogP contribution is -2.23. The van der Waals surface area contributed by atoms with Crippen LogP contribution >= 0.6 is 24.0 Å². The molecule has 0 fully saturated rings. The minimum absolute atomic E-state index is 0. The van der Waals surface area contributed by atoms with Crippen LogP contribution in [0.2, 0.25) is 0 Å². The minimum atomic E-state index is 0. The SMILES string of the molecule is CC(C)Oc1ccc(NC(N)=NCc2nnc3n2CCCC3)cc1.I. The van der Waals surface area contributed by atoms with Crippen LogP contribution in [0.25, 0.3) is 0 Å². The Balaban J connectivity index is 0.00000225. The van der Waals surface area contributed by atoms with E-state index in [-0.39, 0.29) is 30.1 Å². The van der Waals surface area contributed by atoms with E-state index in [2.05, 4.69) is 25.1 Å². The Morgan fingerprint density at radius 1 is 1.28 bits per heavy atom. The first kappa shape index (κ1) is 19.5. The highest BCUT2D eigenvalue weighted by molar-refractivity contribution is 14.0. The van der Waals surface area contributed by atoms with E-state index in [0.717, 1.165) is 36.1 Å². The topological polar surface area (TPSA) is 90.3 Å². The summed E-state index contributed by atoms with van der Waals surface area (Å²) in [4.78, 5) is 4.37. The molecule has 0 saturated heterocycles. The highest BCUT2D eigenvalue weighted by Gasteiger charge is 2.15. The molecular weight excluding hydrogens is 431 g/mol. The normalized spacial score (nSPS) is 14.0. The van der Waals surface area contributed by atoms with E-state index in [4.69, 9.17) is 10.5 Å². The third kappa shape index (κ3) is 5.32. The average molecular weight is 456 g/mol. The number of ether oxygens (including phenoxy) is 1. The summed E-state index contributed by atoms with van der Waals surface area (Å²) in [7, 11) is 0. The van der Waals surface area contributed by atoms with Crippen LogP contribution in [0.4, 0.5) is 5.69 Å². The number of halogens is 1. The summed E-state index contributed by atoms with van der Waals surface area (Å²) in [5, 5.41) is 11.5. The fourth-order valence-corrected chi connectivity index (χ4v) is 2.72. The van der Waals surface area contributed by atoms with E-state index in [0.29, 0.717) is 12.5 Å². The maximum atomic E-state index is 5.97. The van der Waals surface area contributed by atoms with Crippen LogP contribution in [0.5, 0.6) is 5.75 Å². The number of fused-ring (bicyclic) bond motifs is 1. The summed E-state index contributed by atoms with van der Waals surface area (Å²) in [5.74, 6) is 3.12. The molecule has 0 atom stereocenters. The van der Waals surface area contributed by atoms with Crippen molar-refractivity contribution in [3.05, 3.63) is 35.9 Å². The van der Waals surface area contributed by atoms with Gasteiger partial charge in [-0.05, 0) is 51.0 Å². The van der Waals surface area contributed by atoms with Crippen LogP contribution in [0, 0.1) is 0 Å². The lowest BCUT2D eigenvalue weighted by Gasteiger charge is -2.14. The van der Waals surface area contributed by atoms with E-state index in [1.807, 2.05) is 38.1 Å². The van der Waals surface area contributed by atoms with Crippen molar-refractivity contribution in [3.63, 3.8) is 0 Å². The molecule has 25 heavy (non-hydrogen) atoms. The van der Waals surface area contributed by atoms with Crippen LogP contribution in [0.15, 0.2) is 29.3 Å². The fraction of sp³-hybridized carbons (Fsp3) is 0.471. The van der Waals surface area contributed by atoms with Gasteiger partial charge in [0.1, 0.15) is 18.1 Å². The van der Waals surface area contributed by atoms with Crippen molar-refractivity contribution in [1.29, 1.82) is 0 Å². The number of hydrogen-bond donors (Lipinski definition) is 2. The zero-order valence-electron chi connectivity index (χ0n) is 14.6. The molecule has 0 saturated carbocycles. The number of nitrogens with one attached hydrogen (secondary N) is 1. The second-order valence-corrected chi connectivity index (χ2v) is 6.16. The minimum Gasteiger partial charge on any atom is -0.491 e. The van der Waals surface area contributed by atoms with Crippen LogP contribution in [-0.2, 0) is 19.5 Å². The zero-order chi connectivity index (χ0) is 16.9. The van der Waals surface area contributed by atoms with Crippen molar-refractivity contribution in [1.82, 2.24) is 14.8 Å². The predicted octanol–water partition coefficient (Wildman–Crippen LogP) is 2.95. The summed E-state index contributed by atoms with van der Waals surface area (Å²) in [5.41, 5.74) is 6.84. The maximum absolute atomic E-state index is 5.97. The summed E-state index contributed by atoms with van der Waals surface area (Å²) >= 11 is 0. The molecule has 7 nitrogen and oxygen atoms in total. The maximum Gasteiger partial charge on any atom is 0.193 e. The first-order valence-corrected chi connectivity index (χ1v) is 8.36. The Bertz CT molecular complexity index is 710. The number of aryl methyl sites for hydroxylation is 1. The van der Waals surface area contributed by atoms with Gasteiger partial charge in [-0.3, -0.25) is 0 Å². The first-order valence-electron chi connectivity index (χ1n) is 8.36. The van der Waals surface area contributed by atoms with E-state index in [9.17, 15) is 0 Å².